The number of hydrogen-bond donors (Lipinski definition) is 0. The van der Waals surface area contributed by atoms with Crippen LogP contribution in [-0.2, 0) is 0 Å². The van der Waals surface area contributed by atoms with Crippen molar-refractivity contribution in [3.8, 4) is 22.6 Å². The van der Waals surface area contributed by atoms with E-state index in [0.29, 0.717) is 0 Å². The molecule has 0 saturated heterocycles. The fraction of sp³-hybridized carbons (Fsp3) is 0.0667. The van der Waals surface area contributed by atoms with Gasteiger partial charge < -0.3 is 9.30 Å². The first-order chi connectivity index (χ1) is 16.3. The lowest BCUT2D eigenvalue weighted by atomic mass is 9.90. The number of hydrogen-bond acceptors (Lipinski definition) is 1. The topological polar surface area (TPSA) is 14.2 Å². The smallest absolute Gasteiger partial charge is 0.141 e. The van der Waals surface area contributed by atoms with Crippen LogP contribution in [0.3, 0.4) is 0 Å². The van der Waals surface area contributed by atoms with E-state index in [-0.39, 0.29) is 12.0 Å². The predicted octanol–water partition coefficient (Wildman–Crippen LogP) is 8.14. The number of para-hydroxylation sites is 4. The second kappa shape index (κ2) is 7.23. The molecule has 0 spiro atoms. The van der Waals surface area contributed by atoms with Crippen LogP contribution in [0.5, 0.6) is 5.75 Å². The van der Waals surface area contributed by atoms with Gasteiger partial charge in [0.05, 0.1) is 11.0 Å². The highest BCUT2D eigenvalue weighted by Gasteiger charge is 2.37. The molecule has 0 amide bonds. The van der Waals surface area contributed by atoms with E-state index in [1.165, 1.54) is 32.9 Å². The molecule has 0 saturated carbocycles. The van der Waals surface area contributed by atoms with Crippen molar-refractivity contribution in [1.29, 1.82) is 0 Å². The van der Waals surface area contributed by atoms with Crippen LogP contribution in [0.4, 0.5) is 0 Å². The van der Waals surface area contributed by atoms with Crippen LogP contribution >= 0.6 is 15.9 Å². The van der Waals surface area contributed by atoms with Gasteiger partial charge >= 0.3 is 0 Å². The molecule has 7 rings (SSSR count). The summed E-state index contributed by atoms with van der Waals surface area (Å²) in [5.41, 5.74) is 7.15. The first-order valence-electron chi connectivity index (χ1n) is 11.2. The van der Waals surface area contributed by atoms with Crippen LogP contribution in [0, 0.1) is 0 Å². The molecule has 0 bridgehead atoms. The van der Waals surface area contributed by atoms with Crippen molar-refractivity contribution < 1.29 is 4.74 Å². The normalized spacial score (nSPS) is 18.8. The van der Waals surface area contributed by atoms with Gasteiger partial charge in [0.1, 0.15) is 11.9 Å². The minimum Gasteiger partial charge on any atom is -0.483 e. The highest BCUT2D eigenvalue weighted by atomic mass is 79.9. The van der Waals surface area contributed by atoms with Crippen LogP contribution in [0.15, 0.2) is 114 Å². The van der Waals surface area contributed by atoms with Crippen molar-refractivity contribution >= 4 is 37.7 Å². The third-order valence-electron chi connectivity index (χ3n) is 6.82. The molecule has 2 nitrogen and oxygen atoms in total. The van der Waals surface area contributed by atoms with Crippen molar-refractivity contribution in [1.82, 2.24) is 4.57 Å². The molecule has 2 aliphatic rings. The summed E-state index contributed by atoms with van der Waals surface area (Å²) in [4.78, 5) is 0. The molecule has 0 N–H and O–H groups in total. The number of rotatable bonds is 2. The number of halogens is 1. The number of fused-ring (bicyclic) bond motifs is 6. The van der Waals surface area contributed by atoms with Gasteiger partial charge in [0.2, 0.25) is 0 Å². The summed E-state index contributed by atoms with van der Waals surface area (Å²) in [5.74, 6) is 1.22. The van der Waals surface area contributed by atoms with E-state index in [1.807, 2.05) is 0 Å². The molecular formula is C30H20BrNO. The van der Waals surface area contributed by atoms with Gasteiger partial charge in [0, 0.05) is 43.6 Å². The van der Waals surface area contributed by atoms with Crippen molar-refractivity contribution in [2.24, 2.45) is 0 Å². The highest BCUT2D eigenvalue weighted by Crippen LogP contribution is 2.50. The quantitative estimate of drug-likeness (QED) is 0.244. The summed E-state index contributed by atoms with van der Waals surface area (Å²) >= 11 is 3.72. The summed E-state index contributed by atoms with van der Waals surface area (Å²) in [6.45, 7) is 0. The first kappa shape index (κ1) is 19.0. The number of nitrogens with zero attached hydrogens (tertiary/aromatic N) is 1. The SMILES string of the molecule is BrC1=CC=CC2c3cccc(-c4cccc5c6ccccc6n(-c6ccccc6)c45)c3OC12. The molecule has 5 aromatic rings. The predicted molar refractivity (Wildman–Crippen MR) is 140 cm³/mol. The minimum absolute atomic E-state index is 0.00494. The lowest BCUT2D eigenvalue weighted by molar-refractivity contribution is 0.267. The standard InChI is InChI=1S/C30H20BrNO/c31-26-17-8-16-25-24-15-7-14-23(29(24)33-30(25)26)22-13-6-12-21-20-11-4-5-18-27(20)32(28(21)22)19-9-2-1-3-10-19/h1-18,25,30H. The zero-order chi connectivity index (χ0) is 21.9. The number of benzene rings is 4. The maximum Gasteiger partial charge on any atom is 0.141 e. The molecule has 158 valence electrons. The van der Waals surface area contributed by atoms with Crippen LogP contribution in [0.25, 0.3) is 38.6 Å². The third-order valence-corrected chi connectivity index (χ3v) is 7.54. The van der Waals surface area contributed by atoms with Crippen molar-refractivity contribution in [2.75, 3.05) is 0 Å². The maximum absolute atomic E-state index is 6.60. The minimum atomic E-state index is 0.00494. The largest absolute Gasteiger partial charge is 0.483 e. The molecular weight excluding hydrogens is 470 g/mol. The van der Waals surface area contributed by atoms with Crippen molar-refractivity contribution in [2.45, 2.75) is 12.0 Å². The highest BCUT2D eigenvalue weighted by molar-refractivity contribution is 9.11. The van der Waals surface area contributed by atoms with Gasteiger partial charge in [-0.05, 0) is 24.3 Å². The monoisotopic (exact) mass is 489 g/mol. The van der Waals surface area contributed by atoms with Crippen molar-refractivity contribution in [3.63, 3.8) is 0 Å². The Kier molecular flexibility index (Phi) is 4.15. The molecule has 4 aromatic carbocycles. The lowest BCUT2D eigenvalue weighted by Gasteiger charge is -2.18. The van der Waals surface area contributed by atoms with E-state index in [0.717, 1.165) is 21.5 Å². The summed E-state index contributed by atoms with van der Waals surface area (Å²) in [6, 6.07) is 32.4. The van der Waals surface area contributed by atoms with E-state index in [9.17, 15) is 0 Å². The van der Waals surface area contributed by atoms with Crippen molar-refractivity contribution in [3.05, 3.63) is 119 Å². The zero-order valence-electron chi connectivity index (χ0n) is 17.8. The molecule has 2 atom stereocenters. The molecule has 1 aliphatic heterocycles. The molecule has 0 fully saturated rings. The Labute approximate surface area is 200 Å². The molecule has 0 radical (unpaired) electrons. The van der Waals surface area contributed by atoms with Crippen LogP contribution in [0.1, 0.15) is 11.5 Å². The summed E-state index contributed by atoms with van der Waals surface area (Å²) < 4.78 is 10.1. The van der Waals surface area contributed by atoms with E-state index < -0.39 is 0 Å². The first-order valence-corrected chi connectivity index (χ1v) is 12.0. The molecule has 33 heavy (non-hydrogen) atoms. The zero-order valence-corrected chi connectivity index (χ0v) is 19.4. The Morgan fingerprint density at radius 2 is 1.48 bits per heavy atom. The van der Waals surface area contributed by atoms with E-state index >= 15 is 0 Å². The number of aromatic nitrogens is 1. The second-order valence-corrected chi connectivity index (χ2v) is 9.53. The van der Waals surface area contributed by atoms with Gasteiger partial charge in [-0.3, -0.25) is 0 Å². The van der Waals surface area contributed by atoms with Crippen LogP contribution in [0.2, 0.25) is 0 Å². The van der Waals surface area contributed by atoms with Crippen LogP contribution in [-0.4, -0.2) is 10.7 Å². The van der Waals surface area contributed by atoms with Crippen LogP contribution < -0.4 is 4.74 Å². The Balaban J connectivity index is 1.56. The van der Waals surface area contributed by atoms with E-state index in [4.69, 9.17) is 4.74 Å². The third kappa shape index (κ3) is 2.72. The molecule has 3 heteroatoms. The average molecular weight is 490 g/mol. The maximum atomic E-state index is 6.60. The Bertz CT molecular complexity index is 1610. The fourth-order valence-corrected chi connectivity index (χ4v) is 5.93. The van der Waals surface area contributed by atoms with Gasteiger partial charge in [0.15, 0.2) is 0 Å². The lowest BCUT2D eigenvalue weighted by Crippen LogP contribution is -2.19. The van der Waals surface area contributed by atoms with Gasteiger partial charge in [-0.2, -0.15) is 0 Å². The number of ether oxygens (including phenoxy) is 1. The summed E-state index contributed by atoms with van der Waals surface area (Å²) in [6.07, 6.45) is 6.45. The van der Waals surface area contributed by atoms with Gasteiger partial charge in [-0.25, -0.2) is 0 Å². The molecule has 2 heterocycles. The van der Waals surface area contributed by atoms with Gasteiger partial charge in [-0.15, -0.1) is 0 Å². The Morgan fingerprint density at radius 3 is 2.39 bits per heavy atom. The van der Waals surface area contributed by atoms with E-state index in [1.54, 1.807) is 0 Å². The fourth-order valence-electron chi connectivity index (χ4n) is 5.40. The Morgan fingerprint density at radius 1 is 0.727 bits per heavy atom. The number of allylic oxidation sites excluding steroid dienone is 2. The van der Waals surface area contributed by atoms with Gasteiger partial charge in [0.25, 0.3) is 0 Å². The van der Waals surface area contributed by atoms with E-state index in [2.05, 4.69) is 130 Å². The average Bonchev–Trinajstić information content (AvgIpc) is 3.42. The summed E-state index contributed by atoms with van der Waals surface area (Å²) in [5, 5.41) is 2.51. The second-order valence-electron chi connectivity index (χ2n) is 8.61. The molecule has 1 aromatic heterocycles. The Hall–Kier alpha value is -3.56. The summed E-state index contributed by atoms with van der Waals surface area (Å²) in [7, 11) is 0. The van der Waals surface area contributed by atoms with Gasteiger partial charge in [-0.1, -0.05) is 101 Å². The molecule has 1 aliphatic carbocycles. The molecule has 2 unspecified atom stereocenters.